The Morgan fingerprint density at radius 2 is 1.39 bits per heavy atom. The molecule has 0 spiro atoms. The molecule has 0 aliphatic carbocycles. The van der Waals surface area contributed by atoms with E-state index in [1.807, 2.05) is 67.5 Å². The largest absolute Gasteiger partial charge is 0.378 e. The van der Waals surface area contributed by atoms with E-state index >= 15 is 0 Å². The van der Waals surface area contributed by atoms with Crippen LogP contribution >= 0.6 is 0 Å². The summed E-state index contributed by atoms with van der Waals surface area (Å²) in [5, 5.41) is 6.39. The highest BCUT2D eigenvalue weighted by atomic mass is 16.2. The Bertz CT molecular complexity index is 866. The summed E-state index contributed by atoms with van der Waals surface area (Å²) in [4.78, 5) is 23.0. The quantitative estimate of drug-likeness (QED) is 0.633. The lowest BCUT2D eigenvalue weighted by Gasteiger charge is -2.20. The summed E-state index contributed by atoms with van der Waals surface area (Å²) in [6.07, 6.45) is 6.95. The molecule has 1 aromatic carbocycles. The molecule has 6 nitrogen and oxygen atoms in total. The number of anilines is 1. The number of aromatic nitrogens is 2. The van der Waals surface area contributed by atoms with E-state index in [4.69, 9.17) is 0 Å². The van der Waals surface area contributed by atoms with Crippen molar-refractivity contribution in [1.29, 1.82) is 0 Å². The van der Waals surface area contributed by atoms with Gasteiger partial charge in [0.15, 0.2) is 0 Å². The number of rotatable bonds is 8. The van der Waals surface area contributed by atoms with Crippen molar-refractivity contribution in [3.05, 3.63) is 90.0 Å². The van der Waals surface area contributed by atoms with Crippen LogP contribution in [0.15, 0.2) is 73.3 Å². The summed E-state index contributed by atoms with van der Waals surface area (Å²) < 4.78 is 0. The molecule has 6 heteroatoms. The third kappa shape index (κ3) is 5.37. The molecule has 0 radical (unpaired) electrons. The molecule has 0 bridgehead atoms. The van der Waals surface area contributed by atoms with Gasteiger partial charge in [-0.25, -0.2) is 0 Å². The van der Waals surface area contributed by atoms with E-state index in [1.54, 1.807) is 24.8 Å². The molecule has 0 aliphatic rings. The van der Waals surface area contributed by atoms with Crippen LogP contribution in [-0.2, 0) is 17.9 Å². The van der Waals surface area contributed by atoms with E-state index in [2.05, 4.69) is 20.6 Å². The zero-order chi connectivity index (χ0) is 19.8. The van der Waals surface area contributed by atoms with Crippen LogP contribution in [-0.4, -0.2) is 30.0 Å². The number of pyridine rings is 2. The second-order valence-corrected chi connectivity index (χ2v) is 6.73. The van der Waals surface area contributed by atoms with Gasteiger partial charge in [0.1, 0.15) is 6.04 Å². The number of nitrogens with one attached hydrogen (secondary N) is 2. The second-order valence-electron chi connectivity index (χ2n) is 6.73. The number of carbonyl (C=O) groups excluding carboxylic acids is 1. The average molecular weight is 375 g/mol. The van der Waals surface area contributed by atoms with Crippen LogP contribution in [0.2, 0.25) is 0 Å². The normalized spacial score (nSPS) is 11.6. The predicted molar refractivity (Wildman–Crippen MR) is 111 cm³/mol. The number of benzene rings is 1. The van der Waals surface area contributed by atoms with Gasteiger partial charge in [0.2, 0.25) is 5.91 Å². The molecule has 2 aromatic heterocycles. The van der Waals surface area contributed by atoms with Gasteiger partial charge in [-0.1, -0.05) is 12.1 Å². The third-order valence-corrected chi connectivity index (χ3v) is 4.48. The van der Waals surface area contributed by atoms with Crippen molar-refractivity contribution < 1.29 is 4.79 Å². The van der Waals surface area contributed by atoms with Crippen LogP contribution in [0.4, 0.5) is 5.69 Å². The van der Waals surface area contributed by atoms with Gasteiger partial charge in [-0.3, -0.25) is 20.1 Å². The van der Waals surface area contributed by atoms with E-state index in [-0.39, 0.29) is 5.91 Å². The summed E-state index contributed by atoms with van der Waals surface area (Å²) in [6.45, 7) is 1.04. The molecule has 1 atom stereocenters. The summed E-state index contributed by atoms with van der Waals surface area (Å²) in [5.74, 6) is -0.0662. The van der Waals surface area contributed by atoms with Gasteiger partial charge in [0.25, 0.3) is 0 Å². The van der Waals surface area contributed by atoms with Crippen molar-refractivity contribution >= 4 is 11.6 Å². The number of hydrogen-bond acceptors (Lipinski definition) is 5. The molecule has 144 valence electrons. The van der Waals surface area contributed by atoms with E-state index in [0.717, 1.165) is 22.4 Å². The Kier molecular flexibility index (Phi) is 6.70. The lowest BCUT2D eigenvalue weighted by molar-refractivity contribution is -0.123. The number of hydrogen-bond donors (Lipinski definition) is 2. The Morgan fingerprint density at radius 1 is 0.857 bits per heavy atom. The highest BCUT2D eigenvalue weighted by Gasteiger charge is 2.20. The minimum atomic E-state index is -0.453. The minimum absolute atomic E-state index is 0.0662. The molecule has 0 fully saturated rings. The Balaban J connectivity index is 1.73. The first kappa shape index (κ1) is 19.5. The van der Waals surface area contributed by atoms with Crippen molar-refractivity contribution in [3.8, 4) is 0 Å². The van der Waals surface area contributed by atoms with Gasteiger partial charge in [-0.2, -0.15) is 0 Å². The van der Waals surface area contributed by atoms with Crippen molar-refractivity contribution in [3.63, 3.8) is 0 Å². The molecular formula is C22H25N5O. The van der Waals surface area contributed by atoms with Crippen LogP contribution < -0.4 is 15.5 Å². The fraction of sp³-hybridized carbons (Fsp3) is 0.227. The molecule has 0 saturated carbocycles. The fourth-order valence-electron chi connectivity index (χ4n) is 2.84. The van der Waals surface area contributed by atoms with Gasteiger partial charge >= 0.3 is 0 Å². The molecule has 2 heterocycles. The maximum Gasteiger partial charge on any atom is 0.242 e. The van der Waals surface area contributed by atoms with E-state index in [1.165, 1.54) is 0 Å². The Labute approximate surface area is 165 Å². The lowest BCUT2D eigenvalue weighted by Crippen LogP contribution is -2.37. The maximum absolute atomic E-state index is 12.9. The van der Waals surface area contributed by atoms with Crippen LogP contribution in [0.1, 0.15) is 22.7 Å². The van der Waals surface area contributed by atoms with Gasteiger partial charge in [0.05, 0.1) is 0 Å². The van der Waals surface area contributed by atoms with Gasteiger partial charge < -0.3 is 10.2 Å². The standard InChI is InChI=1S/C22H25N5O/c1-27(2)20-5-3-19(4-6-20)21(25-15-17-7-11-23-12-8-17)22(28)26-16-18-9-13-24-14-10-18/h3-14,21,25H,15-16H2,1-2H3,(H,26,28). The molecule has 1 unspecified atom stereocenters. The van der Waals surface area contributed by atoms with Gasteiger partial charge in [-0.15, -0.1) is 0 Å². The molecule has 1 amide bonds. The summed E-state index contributed by atoms with van der Waals surface area (Å²) in [5.41, 5.74) is 4.10. The van der Waals surface area contributed by atoms with Crippen LogP contribution in [0.5, 0.6) is 0 Å². The average Bonchev–Trinajstić information content (AvgIpc) is 2.74. The van der Waals surface area contributed by atoms with Crippen LogP contribution in [0.3, 0.4) is 0 Å². The SMILES string of the molecule is CN(C)c1ccc(C(NCc2ccncc2)C(=O)NCc2ccncc2)cc1. The summed E-state index contributed by atoms with van der Waals surface area (Å²) in [6, 6.07) is 15.2. The monoisotopic (exact) mass is 375 g/mol. The number of carbonyl (C=O) groups is 1. The first-order valence-corrected chi connectivity index (χ1v) is 9.19. The number of amides is 1. The van der Waals surface area contributed by atoms with E-state index < -0.39 is 6.04 Å². The predicted octanol–water partition coefficient (Wildman–Crippen LogP) is 2.69. The van der Waals surface area contributed by atoms with E-state index in [9.17, 15) is 4.79 Å². The maximum atomic E-state index is 12.9. The van der Waals surface area contributed by atoms with Crippen molar-refractivity contribution in [2.24, 2.45) is 0 Å². The Morgan fingerprint density at radius 3 is 1.93 bits per heavy atom. The molecular weight excluding hydrogens is 350 g/mol. The fourth-order valence-corrected chi connectivity index (χ4v) is 2.84. The molecule has 28 heavy (non-hydrogen) atoms. The molecule has 3 rings (SSSR count). The smallest absolute Gasteiger partial charge is 0.242 e. The first-order chi connectivity index (χ1) is 13.6. The highest BCUT2D eigenvalue weighted by Crippen LogP contribution is 2.19. The van der Waals surface area contributed by atoms with Gasteiger partial charge in [0, 0.05) is 57.7 Å². The second kappa shape index (κ2) is 9.62. The van der Waals surface area contributed by atoms with E-state index in [0.29, 0.717) is 13.1 Å². The Hall–Kier alpha value is -3.25. The van der Waals surface area contributed by atoms with Crippen LogP contribution in [0.25, 0.3) is 0 Å². The molecule has 2 N–H and O–H groups in total. The lowest BCUT2D eigenvalue weighted by atomic mass is 10.0. The summed E-state index contributed by atoms with van der Waals surface area (Å²) in [7, 11) is 3.99. The van der Waals surface area contributed by atoms with Crippen molar-refractivity contribution in [1.82, 2.24) is 20.6 Å². The molecule has 0 aliphatic heterocycles. The first-order valence-electron chi connectivity index (χ1n) is 9.19. The van der Waals surface area contributed by atoms with Gasteiger partial charge in [-0.05, 0) is 53.1 Å². The number of nitrogens with zero attached hydrogens (tertiary/aromatic N) is 3. The topological polar surface area (TPSA) is 70.2 Å². The third-order valence-electron chi connectivity index (χ3n) is 4.48. The molecule has 3 aromatic rings. The summed E-state index contributed by atoms with van der Waals surface area (Å²) >= 11 is 0. The zero-order valence-electron chi connectivity index (χ0n) is 16.2. The highest BCUT2D eigenvalue weighted by molar-refractivity contribution is 5.83. The zero-order valence-corrected chi connectivity index (χ0v) is 16.2. The van der Waals surface area contributed by atoms with Crippen molar-refractivity contribution in [2.45, 2.75) is 19.1 Å². The van der Waals surface area contributed by atoms with Crippen LogP contribution in [0, 0.1) is 0 Å². The molecule has 0 saturated heterocycles. The van der Waals surface area contributed by atoms with Crippen molar-refractivity contribution in [2.75, 3.05) is 19.0 Å². The minimum Gasteiger partial charge on any atom is -0.378 e.